The third-order valence-corrected chi connectivity index (χ3v) is 10.5. The fourth-order valence-corrected chi connectivity index (χ4v) is 7.50. The van der Waals surface area contributed by atoms with Crippen LogP contribution in [0.5, 0.6) is 0 Å². The number of hydrogen-bond acceptors (Lipinski definition) is 10. The van der Waals surface area contributed by atoms with Crippen molar-refractivity contribution >= 4 is 75.4 Å². The number of tetrazole rings is 1. The smallest absolute Gasteiger partial charge is 0.416 e. The van der Waals surface area contributed by atoms with E-state index in [-0.39, 0.29) is 54.4 Å². The van der Waals surface area contributed by atoms with Crippen molar-refractivity contribution in [2.45, 2.75) is 31.7 Å². The van der Waals surface area contributed by atoms with Gasteiger partial charge in [-0.1, -0.05) is 23.7 Å². The number of benzene rings is 3. The van der Waals surface area contributed by atoms with Crippen LogP contribution < -0.4 is 15.5 Å². The number of nitrogens with one attached hydrogen (secondary N) is 2. The molecule has 7 rings (SSSR count). The molecular weight excluding hydrogens is 776 g/mol. The van der Waals surface area contributed by atoms with Gasteiger partial charge >= 0.3 is 29.9 Å². The zero-order chi connectivity index (χ0) is 41.1. The van der Waals surface area contributed by atoms with E-state index in [1.165, 1.54) is 51.1 Å². The molecule has 4 heterocycles. The molecule has 20 heteroatoms. The molecular formula is C38H37ClN10O9. The lowest BCUT2D eigenvalue weighted by molar-refractivity contribution is -0.149. The highest BCUT2D eigenvalue weighted by atomic mass is 35.5. The molecule has 58 heavy (non-hydrogen) atoms. The molecule has 5 aromatic rings. The van der Waals surface area contributed by atoms with Crippen LogP contribution in [0.1, 0.15) is 35.3 Å². The van der Waals surface area contributed by atoms with Gasteiger partial charge in [0.1, 0.15) is 18.1 Å². The van der Waals surface area contributed by atoms with Gasteiger partial charge in [-0.15, -0.1) is 5.10 Å². The zero-order valence-corrected chi connectivity index (χ0v) is 31.4. The summed E-state index contributed by atoms with van der Waals surface area (Å²) in [5.74, 6) is -3.66. The summed E-state index contributed by atoms with van der Waals surface area (Å²) in [4.78, 5) is 82.8. The van der Waals surface area contributed by atoms with E-state index >= 15 is 0 Å². The number of hydrogen-bond donors (Lipinski definition) is 5. The van der Waals surface area contributed by atoms with E-state index in [4.69, 9.17) is 11.6 Å². The SMILES string of the molecule is O=C(O)c1cc2cc(NC(=O)C(Cc3ccc(NC(=O)N4CCC(CCO)CC4)cc3)N3CCN(c4cc(Cl)ccc4-n4cnnn4)C(=O)C3=O)ccc2n1C(=O)O. The fraction of sp³-hybridized carbons (Fsp3) is 0.289. The Hall–Kier alpha value is -6.86. The number of anilines is 3. The van der Waals surface area contributed by atoms with Gasteiger partial charge in [-0.25, -0.2) is 19.0 Å². The number of rotatable bonds is 11. The van der Waals surface area contributed by atoms with Crippen molar-refractivity contribution in [1.82, 2.24) is 34.6 Å². The molecule has 2 aliphatic rings. The van der Waals surface area contributed by atoms with Gasteiger partial charge in [0.25, 0.3) is 0 Å². The van der Waals surface area contributed by atoms with Crippen LogP contribution in [0.15, 0.2) is 73.1 Å². The van der Waals surface area contributed by atoms with Crippen LogP contribution in [0.25, 0.3) is 16.6 Å². The maximum atomic E-state index is 14.2. The Labute approximate surface area is 334 Å². The monoisotopic (exact) mass is 812 g/mol. The van der Waals surface area contributed by atoms with Gasteiger partial charge in [-0.3, -0.25) is 14.4 Å². The Kier molecular flexibility index (Phi) is 11.3. The molecule has 5 N–H and O–H groups in total. The summed E-state index contributed by atoms with van der Waals surface area (Å²) >= 11 is 6.30. The highest BCUT2D eigenvalue weighted by Gasteiger charge is 2.41. The van der Waals surface area contributed by atoms with Gasteiger partial charge in [0.15, 0.2) is 0 Å². The van der Waals surface area contributed by atoms with Gasteiger partial charge in [-0.2, -0.15) is 4.68 Å². The largest absolute Gasteiger partial charge is 0.477 e. The van der Waals surface area contributed by atoms with Crippen LogP contribution in [-0.2, 0) is 20.8 Å². The number of aromatic carboxylic acids is 1. The van der Waals surface area contributed by atoms with E-state index in [9.17, 15) is 44.1 Å². The maximum absolute atomic E-state index is 14.2. The number of piperidine rings is 1. The lowest BCUT2D eigenvalue weighted by Crippen LogP contribution is -2.60. The molecule has 0 spiro atoms. The number of aliphatic hydroxyl groups is 1. The summed E-state index contributed by atoms with van der Waals surface area (Å²) in [7, 11) is 0. The van der Waals surface area contributed by atoms with Gasteiger partial charge in [-0.05, 0) is 95.8 Å². The highest BCUT2D eigenvalue weighted by Crippen LogP contribution is 2.31. The number of aromatic nitrogens is 5. The molecule has 2 aromatic heterocycles. The number of carbonyl (C=O) groups is 6. The first-order chi connectivity index (χ1) is 27.9. The Morgan fingerprint density at radius 3 is 2.26 bits per heavy atom. The first kappa shape index (κ1) is 39.4. The van der Waals surface area contributed by atoms with Crippen LogP contribution in [0.2, 0.25) is 5.02 Å². The van der Waals surface area contributed by atoms with Crippen LogP contribution >= 0.6 is 11.6 Å². The Bertz CT molecular complexity index is 2390. The first-order valence-electron chi connectivity index (χ1n) is 18.3. The van der Waals surface area contributed by atoms with E-state index in [1.54, 1.807) is 41.3 Å². The summed E-state index contributed by atoms with van der Waals surface area (Å²) < 4.78 is 1.94. The molecule has 19 nitrogen and oxygen atoms in total. The zero-order valence-electron chi connectivity index (χ0n) is 30.7. The molecule has 2 saturated heterocycles. The molecule has 0 bridgehead atoms. The van der Waals surface area contributed by atoms with Gasteiger partial charge in [0.05, 0.1) is 16.9 Å². The van der Waals surface area contributed by atoms with E-state index in [0.29, 0.717) is 52.0 Å². The minimum Gasteiger partial charge on any atom is -0.477 e. The third-order valence-electron chi connectivity index (χ3n) is 10.3. The number of urea groups is 1. The minimum atomic E-state index is -1.50. The fourth-order valence-electron chi connectivity index (χ4n) is 7.34. The maximum Gasteiger partial charge on any atom is 0.416 e. The van der Waals surface area contributed by atoms with E-state index in [1.807, 2.05) is 0 Å². The lowest BCUT2D eigenvalue weighted by atomic mass is 9.94. The van der Waals surface area contributed by atoms with Gasteiger partial charge < -0.3 is 40.7 Å². The van der Waals surface area contributed by atoms with Crippen LogP contribution in [0.3, 0.4) is 0 Å². The Morgan fingerprint density at radius 2 is 1.59 bits per heavy atom. The van der Waals surface area contributed by atoms with Crippen molar-refractivity contribution in [2.75, 3.05) is 48.3 Å². The standard InChI is InChI=1S/C38H37ClN10O9/c39-25-3-7-29(48-21-40-43-44-48)30(20-25)46-14-15-47(35(53)34(46)52)31(33(51)41-27-6-8-28-24(18-27)19-32(36(54)55)49(28)38(57)58)17-23-1-4-26(5-2-23)42-37(56)45-12-9-22(10-13-45)11-16-50/h1-8,18-22,31,50H,9-17H2,(H,41,51)(H,42,56)(H,54,55)(H,57,58). The van der Waals surface area contributed by atoms with E-state index in [2.05, 4.69) is 26.2 Å². The number of carboxylic acids is 1. The summed E-state index contributed by atoms with van der Waals surface area (Å²) in [6.45, 7) is 1.16. The number of carboxylic acid groups (broad SMARTS) is 2. The summed E-state index contributed by atoms with van der Waals surface area (Å²) in [6.07, 6.45) is 2.09. The highest BCUT2D eigenvalue weighted by molar-refractivity contribution is 6.41. The molecule has 5 amide bonds. The van der Waals surface area contributed by atoms with Crippen LogP contribution in [-0.4, -0.2) is 125 Å². The molecule has 1 atom stereocenters. The number of amides is 5. The number of aliphatic hydroxyl groups excluding tert-OH is 1. The molecule has 2 fully saturated rings. The predicted octanol–water partition coefficient (Wildman–Crippen LogP) is 3.55. The average Bonchev–Trinajstić information content (AvgIpc) is 3.88. The Balaban J connectivity index is 1.13. The van der Waals surface area contributed by atoms with Crippen LogP contribution in [0, 0.1) is 5.92 Å². The molecule has 2 aliphatic heterocycles. The molecule has 0 aliphatic carbocycles. The normalized spacial score (nSPS) is 15.4. The van der Waals surface area contributed by atoms with Gasteiger partial charge in [0.2, 0.25) is 5.91 Å². The topological polar surface area (TPSA) is 245 Å². The van der Waals surface area contributed by atoms with Crippen molar-refractivity contribution in [3.63, 3.8) is 0 Å². The number of nitrogens with zero attached hydrogens (tertiary/aromatic N) is 8. The lowest BCUT2D eigenvalue weighted by Gasteiger charge is -2.38. The molecule has 1 unspecified atom stereocenters. The average molecular weight is 813 g/mol. The third kappa shape index (κ3) is 8.16. The quantitative estimate of drug-likeness (QED) is 0.120. The molecule has 0 radical (unpaired) electrons. The molecule has 300 valence electrons. The predicted molar refractivity (Wildman–Crippen MR) is 208 cm³/mol. The van der Waals surface area contributed by atoms with Crippen molar-refractivity contribution in [3.8, 4) is 5.69 Å². The molecule has 3 aromatic carbocycles. The number of likely N-dealkylation sites (tertiary alicyclic amines) is 1. The summed E-state index contributed by atoms with van der Waals surface area (Å²) in [6, 6.07) is 15.3. The number of piperazine rings is 1. The van der Waals surface area contributed by atoms with E-state index < -0.39 is 41.5 Å². The second-order valence-corrected chi connectivity index (χ2v) is 14.3. The van der Waals surface area contributed by atoms with Crippen molar-refractivity contribution < 1.29 is 44.1 Å². The minimum absolute atomic E-state index is 0.0291. The summed E-state index contributed by atoms with van der Waals surface area (Å²) in [5.41, 5.74) is 1.54. The van der Waals surface area contributed by atoms with Crippen molar-refractivity contribution in [1.29, 1.82) is 0 Å². The second-order valence-electron chi connectivity index (χ2n) is 13.8. The molecule has 0 saturated carbocycles. The number of halogens is 1. The van der Waals surface area contributed by atoms with Crippen molar-refractivity contribution in [2.24, 2.45) is 5.92 Å². The number of carbonyl (C=O) groups excluding carboxylic acids is 4. The summed E-state index contributed by atoms with van der Waals surface area (Å²) in [5, 5.41) is 45.8. The van der Waals surface area contributed by atoms with E-state index in [0.717, 1.165) is 12.8 Å². The Morgan fingerprint density at radius 1 is 0.845 bits per heavy atom. The van der Waals surface area contributed by atoms with Crippen LogP contribution in [0.4, 0.5) is 26.7 Å². The van der Waals surface area contributed by atoms with Crippen molar-refractivity contribution in [3.05, 3.63) is 89.3 Å². The first-order valence-corrected chi connectivity index (χ1v) is 18.6. The number of fused-ring (bicyclic) bond motifs is 1. The second kappa shape index (κ2) is 16.7. The van der Waals surface area contributed by atoms with Gasteiger partial charge in [0, 0.05) is 61.0 Å².